The van der Waals surface area contributed by atoms with Crippen LogP contribution in [0.2, 0.25) is 0 Å². The molecule has 1 atom stereocenters. The summed E-state index contributed by atoms with van der Waals surface area (Å²) in [5, 5.41) is 19.4. The standard InChI is InChI=1S/C24H28F3N5O2S/c1-15(2)9-18-11-21(30-32(18)17-5-3-7-31(13-17)14-24(25,26)27)29-22-19(23(33)34)10-16(12-28-22)20-6-4-8-35-20/h4,6,8,10-12,15,17H,3,5,7,9,13-14H2,1-2H3,(H,33,34)(H,28,29,30). The molecular weight excluding hydrogens is 479 g/mol. The van der Waals surface area contributed by atoms with Crippen molar-refractivity contribution < 1.29 is 23.1 Å². The maximum Gasteiger partial charge on any atom is 0.401 e. The van der Waals surface area contributed by atoms with Gasteiger partial charge in [-0.25, -0.2) is 9.78 Å². The lowest BCUT2D eigenvalue weighted by Gasteiger charge is -2.34. The minimum Gasteiger partial charge on any atom is -0.478 e. The maximum atomic E-state index is 13.0. The van der Waals surface area contributed by atoms with Crippen molar-refractivity contribution in [3.05, 3.63) is 47.1 Å². The number of pyridine rings is 1. The molecule has 0 spiro atoms. The van der Waals surface area contributed by atoms with Crippen LogP contribution >= 0.6 is 11.3 Å². The van der Waals surface area contributed by atoms with Crippen LogP contribution in [-0.4, -0.2) is 56.6 Å². The Morgan fingerprint density at radius 2 is 2.14 bits per heavy atom. The highest BCUT2D eigenvalue weighted by Gasteiger charge is 2.34. The van der Waals surface area contributed by atoms with E-state index in [0.717, 1.165) is 17.0 Å². The van der Waals surface area contributed by atoms with E-state index in [2.05, 4.69) is 29.2 Å². The van der Waals surface area contributed by atoms with Gasteiger partial charge in [0.1, 0.15) is 11.4 Å². The average Bonchev–Trinajstić information content (AvgIpc) is 3.43. The molecule has 1 aliphatic heterocycles. The van der Waals surface area contributed by atoms with Gasteiger partial charge in [0.05, 0.1) is 12.6 Å². The first-order valence-corrected chi connectivity index (χ1v) is 12.4. The van der Waals surface area contributed by atoms with E-state index in [1.165, 1.54) is 16.2 Å². The minimum atomic E-state index is -4.24. The number of carbonyl (C=O) groups is 1. The van der Waals surface area contributed by atoms with E-state index >= 15 is 0 Å². The molecule has 1 unspecified atom stereocenters. The molecule has 0 aliphatic carbocycles. The predicted octanol–water partition coefficient (Wildman–Crippen LogP) is 5.85. The van der Waals surface area contributed by atoms with E-state index < -0.39 is 18.7 Å². The number of likely N-dealkylation sites (tertiary alicyclic amines) is 1. The summed E-state index contributed by atoms with van der Waals surface area (Å²) >= 11 is 1.49. The van der Waals surface area contributed by atoms with E-state index in [1.54, 1.807) is 12.3 Å². The van der Waals surface area contributed by atoms with Gasteiger partial charge >= 0.3 is 12.1 Å². The Labute approximate surface area is 205 Å². The highest BCUT2D eigenvalue weighted by molar-refractivity contribution is 7.13. The van der Waals surface area contributed by atoms with Crippen LogP contribution in [0, 0.1) is 5.92 Å². The predicted molar refractivity (Wildman–Crippen MR) is 129 cm³/mol. The van der Waals surface area contributed by atoms with Crippen LogP contribution in [0.1, 0.15) is 48.8 Å². The first-order chi connectivity index (χ1) is 16.6. The zero-order chi connectivity index (χ0) is 25.2. The second kappa shape index (κ2) is 10.4. The largest absolute Gasteiger partial charge is 0.478 e. The summed E-state index contributed by atoms with van der Waals surface area (Å²) in [6.45, 7) is 3.87. The summed E-state index contributed by atoms with van der Waals surface area (Å²) in [6.07, 6.45) is -0.550. The van der Waals surface area contributed by atoms with Gasteiger partial charge in [-0.3, -0.25) is 9.58 Å². The first kappa shape index (κ1) is 25.2. The molecule has 35 heavy (non-hydrogen) atoms. The molecule has 4 heterocycles. The quantitative estimate of drug-likeness (QED) is 0.398. The van der Waals surface area contributed by atoms with E-state index in [9.17, 15) is 23.1 Å². The number of carboxylic acids is 1. The van der Waals surface area contributed by atoms with Crippen molar-refractivity contribution in [1.29, 1.82) is 0 Å². The Morgan fingerprint density at radius 3 is 2.80 bits per heavy atom. The lowest BCUT2D eigenvalue weighted by atomic mass is 10.0. The lowest BCUT2D eigenvalue weighted by molar-refractivity contribution is -0.149. The molecule has 11 heteroatoms. The van der Waals surface area contributed by atoms with Gasteiger partial charge in [0.15, 0.2) is 5.82 Å². The highest BCUT2D eigenvalue weighted by Crippen LogP contribution is 2.31. The van der Waals surface area contributed by atoms with Gasteiger partial charge in [0, 0.05) is 34.9 Å². The Kier molecular flexibility index (Phi) is 7.46. The second-order valence-corrected chi connectivity index (χ2v) is 10.2. The molecule has 1 fully saturated rings. The Balaban J connectivity index is 1.61. The number of hydrogen-bond donors (Lipinski definition) is 2. The fourth-order valence-electron chi connectivity index (χ4n) is 4.44. The molecule has 1 aliphatic rings. The molecule has 188 valence electrons. The van der Waals surface area contributed by atoms with E-state index in [0.29, 0.717) is 36.7 Å². The molecule has 7 nitrogen and oxygen atoms in total. The highest BCUT2D eigenvalue weighted by atomic mass is 32.1. The van der Waals surface area contributed by atoms with E-state index in [1.807, 2.05) is 28.3 Å². The molecular formula is C24H28F3N5O2S. The van der Waals surface area contributed by atoms with Crippen molar-refractivity contribution >= 4 is 28.9 Å². The van der Waals surface area contributed by atoms with Crippen molar-refractivity contribution in [3.8, 4) is 10.4 Å². The summed E-state index contributed by atoms with van der Waals surface area (Å²) in [4.78, 5) is 18.6. The Bertz CT molecular complexity index is 1160. The Hall–Kier alpha value is -2.92. The van der Waals surface area contributed by atoms with Crippen molar-refractivity contribution in [2.24, 2.45) is 5.92 Å². The summed E-state index contributed by atoms with van der Waals surface area (Å²) in [6, 6.07) is 7.00. The number of hydrogen-bond acceptors (Lipinski definition) is 6. The third-order valence-corrected chi connectivity index (χ3v) is 6.75. The number of anilines is 2. The summed E-state index contributed by atoms with van der Waals surface area (Å²) in [5.41, 5.74) is 1.62. The molecule has 3 aromatic heterocycles. The second-order valence-electron chi connectivity index (χ2n) is 9.24. The molecule has 1 saturated heterocycles. The number of rotatable bonds is 8. The Morgan fingerprint density at radius 1 is 1.34 bits per heavy atom. The fourth-order valence-corrected chi connectivity index (χ4v) is 5.14. The van der Waals surface area contributed by atoms with Crippen LogP contribution in [0.5, 0.6) is 0 Å². The molecule has 3 aromatic rings. The average molecular weight is 508 g/mol. The van der Waals surface area contributed by atoms with Crippen LogP contribution in [0.3, 0.4) is 0 Å². The van der Waals surface area contributed by atoms with Crippen molar-refractivity contribution in [2.45, 2.75) is 45.3 Å². The fraction of sp³-hybridized carbons (Fsp3) is 0.458. The van der Waals surface area contributed by atoms with E-state index in [-0.39, 0.29) is 24.0 Å². The van der Waals surface area contributed by atoms with Gasteiger partial charge in [-0.2, -0.15) is 18.3 Å². The van der Waals surface area contributed by atoms with Gasteiger partial charge in [0.2, 0.25) is 0 Å². The first-order valence-electron chi connectivity index (χ1n) is 11.5. The topological polar surface area (TPSA) is 83.3 Å². The van der Waals surface area contributed by atoms with Gasteiger partial charge in [0.25, 0.3) is 0 Å². The normalized spacial score (nSPS) is 17.1. The van der Waals surface area contributed by atoms with Crippen molar-refractivity contribution in [2.75, 3.05) is 25.0 Å². The third-order valence-electron chi connectivity index (χ3n) is 5.83. The van der Waals surface area contributed by atoms with Crippen LogP contribution in [0.4, 0.5) is 24.8 Å². The monoisotopic (exact) mass is 507 g/mol. The molecule has 0 bridgehead atoms. The summed E-state index contributed by atoms with van der Waals surface area (Å²) in [7, 11) is 0. The van der Waals surface area contributed by atoms with Crippen LogP contribution in [0.15, 0.2) is 35.8 Å². The van der Waals surface area contributed by atoms with Crippen molar-refractivity contribution in [1.82, 2.24) is 19.7 Å². The van der Waals surface area contributed by atoms with Crippen LogP contribution in [0.25, 0.3) is 10.4 Å². The molecule has 0 amide bonds. The number of piperidine rings is 1. The number of aromatic carboxylic acids is 1. The zero-order valence-electron chi connectivity index (χ0n) is 19.5. The molecule has 0 radical (unpaired) electrons. The van der Waals surface area contributed by atoms with Gasteiger partial charge < -0.3 is 10.4 Å². The number of nitrogens with one attached hydrogen (secondary N) is 1. The van der Waals surface area contributed by atoms with Crippen LogP contribution < -0.4 is 5.32 Å². The molecule has 0 aromatic carbocycles. The van der Waals surface area contributed by atoms with Crippen molar-refractivity contribution in [3.63, 3.8) is 0 Å². The number of halogens is 3. The van der Waals surface area contributed by atoms with Gasteiger partial charge in [-0.1, -0.05) is 19.9 Å². The third kappa shape index (κ3) is 6.40. The molecule has 2 N–H and O–H groups in total. The minimum absolute atomic E-state index is 0.0184. The van der Waals surface area contributed by atoms with E-state index in [4.69, 9.17) is 0 Å². The molecule has 4 rings (SSSR count). The number of nitrogens with zero attached hydrogens (tertiary/aromatic N) is 4. The number of aromatic nitrogens is 3. The smallest absolute Gasteiger partial charge is 0.401 e. The maximum absolute atomic E-state index is 13.0. The lowest BCUT2D eigenvalue weighted by Crippen LogP contribution is -2.42. The van der Waals surface area contributed by atoms with Gasteiger partial charge in [-0.15, -0.1) is 11.3 Å². The summed E-state index contributed by atoms with van der Waals surface area (Å²) in [5.74, 6) is -0.213. The van der Waals surface area contributed by atoms with Crippen LogP contribution in [-0.2, 0) is 6.42 Å². The number of carboxylic acid groups (broad SMARTS) is 1. The summed E-state index contributed by atoms with van der Waals surface area (Å²) < 4.78 is 40.7. The number of alkyl halides is 3. The zero-order valence-corrected chi connectivity index (χ0v) is 20.4. The van der Waals surface area contributed by atoms with Gasteiger partial charge in [-0.05, 0) is 49.2 Å². The molecule has 0 saturated carbocycles. The SMILES string of the molecule is CC(C)Cc1cc(Nc2ncc(-c3cccs3)cc2C(=O)O)nn1C1CCCN(CC(F)(F)F)C1. The number of thiophene rings is 1.